The van der Waals surface area contributed by atoms with Crippen molar-refractivity contribution in [2.75, 3.05) is 26.8 Å². The summed E-state index contributed by atoms with van der Waals surface area (Å²) >= 11 is 0. The summed E-state index contributed by atoms with van der Waals surface area (Å²) in [5, 5.41) is 6.87. The van der Waals surface area contributed by atoms with E-state index in [0.29, 0.717) is 25.8 Å². The first kappa shape index (κ1) is 18.6. The topological polar surface area (TPSA) is 54.9 Å². The van der Waals surface area contributed by atoms with E-state index in [0.717, 1.165) is 23.8 Å². The number of guanidine groups is 1. The fraction of sp³-hybridized carbons (Fsp3) is 0.632. The maximum atomic E-state index is 5.74. The predicted molar refractivity (Wildman–Crippen MR) is 98.6 cm³/mol. The first-order valence-electron chi connectivity index (χ1n) is 9.08. The number of benzene rings is 1. The number of para-hydroxylation sites is 1. The molecular formula is C19H31N3O2. The van der Waals surface area contributed by atoms with Gasteiger partial charge in [-0.25, -0.2) is 0 Å². The monoisotopic (exact) mass is 333 g/mol. The van der Waals surface area contributed by atoms with E-state index in [1.807, 2.05) is 24.3 Å². The third-order valence-electron chi connectivity index (χ3n) is 4.25. The van der Waals surface area contributed by atoms with Crippen molar-refractivity contribution in [2.45, 2.75) is 51.7 Å². The first-order chi connectivity index (χ1) is 11.8. The van der Waals surface area contributed by atoms with Gasteiger partial charge in [0.1, 0.15) is 5.75 Å². The number of nitrogens with zero attached hydrogens (tertiary/aromatic N) is 1. The summed E-state index contributed by atoms with van der Waals surface area (Å²) < 4.78 is 11.1. The van der Waals surface area contributed by atoms with Gasteiger partial charge in [0.05, 0.1) is 26.9 Å². The van der Waals surface area contributed by atoms with Crippen LogP contribution in [0.25, 0.3) is 0 Å². The molecular weight excluding hydrogens is 302 g/mol. The largest absolute Gasteiger partial charge is 0.496 e. The summed E-state index contributed by atoms with van der Waals surface area (Å²) in [5.41, 5.74) is 1.07. The van der Waals surface area contributed by atoms with Crippen LogP contribution in [0, 0.1) is 0 Å². The van der Waals surface area contributed by atoms with Crippen molar-refractivity contribution in [1.29, 1.82) is 0 Å². The number of hydrogen-bond acceptors (Lipinski definition) is 3. The molecule has 2 rings (SSSR count). The maximum absolute atomic E-state index is 5.74. The van der Waals surface area contributed by atoms with Crippen LogP contribution in [0.4, 0.5) is 0 Å². The molecule has 0 atom stereocenters. The summed E-state index contributed by atoms with van der Waals surface area (Å²) in [6.45, 7) is 4.76. The molecule has 5 nitrogen and oxygen atoms in total. The molecule has 0 amide bonds. The molecule has 1 aliphatic carbocycles. The van der Waals surface area contributed by atoms with E-state index in [9.17, 15) is 0 Å². The molecule has 0 spiro atoms. The average molecular weight is 333 g/mol. The molecule has 24 heavy (non-hydrogen) atoms. The molecule has 1 aliphatic rings. The lowest BCUT2D eigenvalue weighted by Crippen LogP contribution is -2.44. The van der Waals surface area contributed by atoms with Crippen LogP contribution in [0.5, 0.6) is 5.75 Å². The lowest BCUT2D eigenvalue weighted by Gasteiger charge is -2.24. The van der Waals surface area contributed by atoms with Gasteiger partial charge >= 0.3 is 0 Å². The molecule has 0 unspecified atom stereocenters. The fourth-order valence-electron chi connectivity index (χ4n) is 2.99. The van der Waals surface area contributed by atoms with Crippen LogP contribution >= 0.6 is 0 Å². The highest BCUT2D eigenvalue weighted by atomic mass is 16.5. The van der Waals surface area contributed by atoms with Crippen molar-refractivity contribution < 1.29 is 9.47 Å². The second-order valence-electron chi connectivity index (χ2n) is 6.10. The lowest BCUT2D eigenvalue weighted by molar-refractivity contribution is 0.126. The van der Waals surface area contributed by atoms with E-state index < -0.39 is 0 Å². The summed E-state index contributed by atoms with van der Waals surface area (Å²) in [4.78, 5) is 4.62. The Morgan fingerprint density at radius 2 is 2.00 bits per heavy atom. The zero-order chi connectivity index (χ0) is 17.0. The Kier molecular flexibility index (Phi) is 8.46. The highest BCUT2D eigenvalue weighted by molar-refractivity contribution is 5.80. The van der Waals surface area contributed by atoms with Gasteiger partial charge in [0.2, 0.25) is 0 Å². The van der Waals surface area contributed by atoms with Gasteiger partial charge in [-0.05, 0) is 25.8 Å². The minimum Gasteiger partial charge on any atom is -0.496 e. The second-order valence-corrected chi connectivity index (χ2v) is 6.10. The van der Waals surface area contributed by atoms with E-state index in [-0.39, 0.29) is 0 Å². The van der Waals surface area contributed by atoms with Crippen molar-refractivity contribution >= 4 is 5.96 Å². The Balaban J connectivity index is 1.73. The molecule has 0 radical (unpaired) electrons. The van der Waals surface area contributed by atoms with E-state index >= 15 is 0 Å². The molecule has 134 valence electrons. The molecule has 0 aliphatic heterocycles. The van der Waals surface area contributed by atoms with Crippen LogP contribution < -0.4 is 15.4 Å². The third kappa shape index (κ3) is 6.40. The second kappa shape index (κ2) is 10.9. The van der Waals surface area contributed by atoms with E-state index in [4.69, 9.17) is 9.47 Å². The number of ether oxygens (including phenoxy) is 2. The Hall–Kier alpha value is -1.75. The van der Waals surface area contributed by atoms with Crippen LogP contribution in [0.15, 0.2) is 29.3 Å². The van der Waals surface area contributed by atoms with Gasteiger partial charge in [0.15, 0.2) is 5.96 Å². The van der Waals surface area contributed by atoms with Gasteiger partial charge in [-0.15, -0.1) is 0 Å². The van der Waals surface area contributed by atoms with E-state index in [1.54, 1.807) is 7.11 Å². The molecule has 1 fully saturated rings. The minimum absolute atomic E-state index is 0.548. The Bertz CT molecular complexity index is 499. The lowest BCUT2D eigenvalue weighted by atomic mass is 9.96. The average Bonchev–Trinajstić information content (AvgIpc) is 2.62. The number of methoxy groups -OCH3 is 1. The zero-order valence-corrected chi connectivity index (χ0v) is 15.0. The number of aliphatic imine (C=N–C) groups is 1. The Morgan fingerprint density at radius 1 is 1.21 bits per heavy atom. The first-order valence-corrected chi connectivity index (χ1v) is 9.08. The number of hydrogen-bond donors (Lipinski definition) is 2. The van der Waals surface area contributed by atoms with Crippen molar-refractivity contribution in [3.8, 4) is 5.75 Å². The van der Waals surface area contributed by atoms with Crippen LogP contribution in [-0.4, -0.2) is 38.8 Å². The highest BCUT2D eigenvalue weighted by Crippen LogP contribution is 2.18. The standard InChI is InChI=1S/C19H31N3O2/c1-3-20-19(22-17-10-5-4-6-11-17)21-13-14-24-15-16-9-7-8-12-18(16)23-2/h7-9,12,17H,3-6,10-11,13-15H2,1-2H3,(H2,20,21,22). The van der Waals surface area contributed by atoms with Gasteiger partial charge in [0.25, 0.3) is 0 Å². The summed E-state index contributed by atoms with van der Waals surface area (Å²) in [6, 6.07) is 8.50. The molecule has 0 bridgehead atoms. The summed E-state index contributed by atoms with van der Waals surface area (Å²) in [7, 11) is 1.68. The third-order valence-corrected chi connectivity index (χ3v) is 4.25. The normalized spacial score (nSPS) is 16.0. The van der Waals surface area contributed by atoms with Gasteiger partial charge in [-0.3, -0.25) is 4.99 Å². The molecule has 0 aromatic heterocycles. The van der Waals surface area contributed by atoms with Gasteiger partial charge in [-0.1, -0.05) is 37.5 Å². The SMILES string of the molecule is CCNC(=NCCOCc1ccccc1OC)NC1CCCCC1. The molecule has 1 saturated carbocycles. The van der Waals surface area contributed by atoms with Crippen LogP contribution in [0.1, 0.15) is 44.6 Å². The van der Waals surface area contributed by atoms with Gasteiger partial charge in [-0.2, -0.15) is 0 Å². The molecule has 2 N–H and O–H groups in total. The predicted octanol–water partition coefficient (Wildman–Crippen LogP) is 3.10. The van der Waals surface area contributed by atoms with Crippen molar-refractivity contribution in [3.63, 3.8) is 0 Å². The Morgan fingerprint density at radius 3 is 2.75 bits per heavy atom. The highest BCUT2D eigenvalue weighted by Gasteiger charge is 2.14. The molecule has 0 saturated heterocycles. The number of nitrogens with one attached hydrogen (secondary N) is 2. The maximum Gasteiger partial charge on any atom is 0.191 e. The van der Waals surface area contributed by atoms with E-state index in [1.165, 1.54) is 32.1 Å². The van der Waals surface area contributed by atoms with Crippen LogP contribution in [0.3, 0.4) is 0 Å². The quantitative estimate of drug-likeness (QED) is 0.436. The molecule has 1 aromatic carbocycles. The zero-order valence-electron chi connectivity index (χ0n) is 15.0. The number of rotatable bonds is 8. The summed E-state index contributed by atoms with van der Waals surface area (Å²) in [6.07, 6.45) is 6.49. The van der Waals surface area contributed by atoms with Gasteiger partial charge < -0.3 is 20.1 Å². The minimum atomic E-state index is 0.548. The molecule has 5 heteroatoms. The van der Waals surface area contributed by atoms with E-state index in [2.05, 4.69) is 22.5 Å². The fourth-order valence-corrected chi connectivity index (χ4v) is 2.99. The summed E-state index contributed by atoms with van der Waals surface area (Å²) in [5.74, 6) is 1.78. The smallest absolute Gasteiger partial charge is 0.191 e. The molecule has 1 aromatic rings. The van der Waals surface area contributed by atoms with Gasteiger partial charge in [0, 0.05) is 18.2 Å². The van der Waals surface area contributed by atoms with Crippen molar-refractivity contribution in [1.82, 2.24) is 10.6 Å². The van der Waals surface area contributed by atoms with Crippen LogP contribution in [0.2, 0.25) is 0 Å². The van der Waals surface area contributed by atoms with Crippen molar-refractivity contribution in [2.24, 2.45) is 4.99 Å². The van der Waals surface area contributed by atoms with Crippen LogP contribution in [-0.2, 0) is 11.3 Å². The Labute approximate surface area is 145 Å². The van der Waals surface area contributed by atoms with Crippen molar-refractivity contribution in [3.05, 3.63) is 29.8 Å². The molecule has 0 heterocycles.